The van der Waals surface area contributed by atoms with Crippen LogP contribution in [0.15, 0.2) is 36.5 Å². The SMILES string of the molecule is COCCn1ccc(NC(=O)N[C@H]2C[C@H]2c2cccc(Cl)c2)n1. The largest absolute Gasteiger partial charge is 0.383 e. The number of nitrogens with one attached hydrogen (secondary N) is 2. The summed E-state index contributed by atoms with van der Waals surface area (Å²) < 4.78 is 6.72. The smallest absolute Gasteiger partial charge is 0.320 e. The molecule has 7 heteroatoms. The highest BCUT2D eigenvalue weighted by molar-refractivity contribution is 6.30. The van der Waals surface area contributed by atoms with Crippen LogP contribution < -0.4 is 10.6 Å². The average molecular weight is 335 g/mol. The normalized spacial score (nSPS) is 19.4. The zero-order valence-corrected chi connectivity index (χ0v) is 13.6. The molecule has 2 N–H and O–H groups in total. The second-order valence-electron chi connectivity index (χ2n) is 5.56. The minimum absolute atomic E-state index is 0.143. The summed E-state index contributed by atoms with van der Waals surface area (Å²) in [5, 5.41) is 10.7. The predicted molar refractivity (Wildman–Crippen MR) is 88.9 cm³/mol. The Kier molecular flexibility index (Phi) is 4.83. The van der Waals surface area contributed by atoms with Crippen molar-refractivity contribution in [2.45, 2.75) is 24.9 Å². The van der Waals surface area contributed by atoms with Crippen LogP contribution in [-0.2, 0) is 11.3 Å². The Bertz CT molecular complexity index is 688. The molecule has 0 bridgehead atoms. The summed E-state index contributed by atoms with van der Waals surface area (Å²) in [4.78, 5) is 12.0. The number of rotatable bonds is 6. The molecule has 2 atom stereocenters. The van der Waals surface area contributed by atoms with Crippen LogP contribution in [0.2, 0.25) is 5.02 Å². The van der Waals surface area contributed by atoms with Crippen molar-refractivity contribution in [1.29, 1.82) is 0 Å². The summed E-state index contributed by atoms with van der Waals surface area (Å²) in [6, 6.07) is 9.43. The molecule has 1 aliphatic rings. The van der Waals surface area contributed by atoms with Gasteiger partial charge in [-0.25, -0.2) is 4.79 Å². The van der Waals surface area contributed by atoms with Crippen LogP contribution in [0, 0.1) is 0 Å². The zero-order chi connectivity index (χ0) is 16.2. The Balaban J connectivity index is 1.48. The zero-order valence-electron chi connectivity index (χ0n) is 12.8. The third kappa shape index (κ3) is 4.24. The van der Waals surface area contributed by atoms with E-state index in [4.69, 9.17) is 16.3 Å². The van der Waals surface area contributed by atoms with Gasteiger partial charge in [-0.15, -0.1) is 0 Å². The molecule has 0 spiro atoms. The number of carbonyl (C=O) groups is 1. The van der Waals surface area contributed by atoms with Crippen molar-refractivity contribution in [2.75, 3.05) is 19.0 Å². The number of amides is 2. The van der Waals surface area contributed by atoms with E-state index in [1.165, 1.54) is 0 Å². The molecule has 2 amide bonds. The highest BCUT2D eigenvalue weighted by Gasteiger charge is 2.39. The fourth-order valence-electron chi connectivity index (χ4n) is 2.52. The van der Waals surface area contributed by atoms with Crippen LogP contribution in [0.4, 0.5) is 10.6 Å². The van der Waals surface area contributed by atoms with E-state index < -0.39 is 0 Å². The molecule has 1 fully saturated rings. The number of aromatic nitrogens is 2. The minimum Gasteiger partial charge on any atom is -0.383 e. The van der Waals surface area contributed by atoms with Crippen LogP contribution in [0.3, 0.4) is 0 Å². The molecule has 2 aromatic rings. The Morgan fingerprint density at radius 3 is 3.13 bits per heavy atom. The number of nitrogens with zero attached hydrogens (tertiary/aromatic N) is 2. The first kappa shape index (κ1) is 15.8. The maximum Gasteiger partial charge on any atom is 0.320 e. The summed E-state index contributed by atoms with van der Waals surface area (Å²) in [5.74, 6) is 0.859. The van der Waals surface area contributed by atoms with Gasteiger partial charge in [-0.2, -0.15) is 5.10 Å². The third-order valence-corrected chi connectivity index (χ3v) is 4.03. The number of hydrogen-bond acceptors (Lipinski definition) is 3. The van der Waals surface area contributed by atoms with Gasteiger partial charge in [-0.1, -0.05) is 23.7 Å². The van der Waals surface area contributed by atoms with E-state index in [2.05, 4.69) is 15.7 Å². The molecule has 0 unspecified atom stereocenters. The van der Waals surface area contributed by atoms with E-state index >= 15 is 0 Å². The van der Waals surface area contributed by atoms with E-state index in [9.17, 15) is 4.79 Å². The van der Waals surface area contributed by atoms with Gasteiger partial charge in [0.1, 0.15) is 0 Å². The number of benzene rings is 1. The van der Waals surface area contributed by atoms with Crippen molar-refractivity contribution >= 4 is 23.4 Å². The van der Waals surface area contributed by atoms with Crippen molar-refractivity contribution in [3.63, 3.8) is 0 Å². The van der Waals surface area contributed by atoms with Gasteiger partial charge in [-0.05, 0) is 24.1 Å². The van der Waals surface area contributed by atoms with Crippen molar-refractivity contribution < 1.29 is 9.53 Å². The molecule has 1 aromatic carbocycles. The van der Waals surface area contributed by atoms with E-state index in [0.29, 0.717) is 24.9 Å². The maximum atomic E-state index is 12.0. The van der Waals surface area contributed by atoms with Gasteiger partial charge >= 0.3 is 6.03 Å². The standard InChI is InChI=1S/C16H19ClN4O2/c1-23-8-7-21-6-5-15(20-21)19-16(22)18-14-10-13(14)11-3-2-4-12(17)9-11/h2-6,9,13-14H,7-8,10H2,1H3,(H2,18,19,20,22)/t13-,14-/m0/s1. The van der Waals surface area contributed by atoms with Crippen LogP contribution in [0.1, 0.15) is 17.9 Å². The Morgan fingerprint density at radius 2 is 2.35 bits per heavy atom. The summed E-state index contributed by atoms with van der Waals surface area (Å²) in [5.41, 5.74) is 1.16. The second-order valence-corrected chi connectivity index (χ2v) is 6.00. The lowest BCUT2D eigenvalue weighted by Crippen LogP contribution is -2.31. The number of hydrogen-bond donors (Lipinski definition) is 2. The van der Waals surface area contributed by atoms with Crippen molar-refractivity contribution in [2.24, 2.45) is 0 Å². The van der Waals surface area contributed by atoms with Crippen molar-refractivity contribution in [1.82, 2.24) is 15.1 Å². The number of methoxy groups -OCH3 is 1. The van der Waals surface area contributed by atoms with Gasteiger partial charge in [0.15, 0.2) is 5.82 Å². The maximum absolute atomic E-state index is 12.0. The Hall–Kier alpha value is -2.05. The monoisotopic (exact) mass is 334 g/mol. The lowest BCUT2D eigenvalue weighted by atomic mass is 10.1. The number of halogens is 1. The van der Waals surface area contributed by atoms with Gasteiger partial charge in [0.2, 0.25) is 0 Å². The molecule has 1 aliphatic carbocycles. The predicted octanol–water partition coefficient (Wildman–Crippen LogP) is 2.86. The molecule has 0 radical (unpaired) electrons. The van der Waals surface area contributed by atoms with E-state index in [1.54, 1.807) is 24.1 Å². The number of ether oxygens (including phenoxy) is 1. The van der Waals surface area contributed by atoms with E-state index in [0.717, 1.165) is 17.0 Å². The topological polar surface area (TPSA) is 68.2 Å². The molecule has 122 valence electrons. The van der Waals surface area contributed by atoms with E-state index in [-0.39, 0.29) is 12.1 Å². The molecule has 0 aliphatic heterocycles. The fourth-order valence-corrected chi connectivity index (χ4v) is 2.72. The average Bonchev–Trinajstić information content (AvgIpc) is 3.14. The first-order chi connectivity index (χ1) is 11.2. The molecule has 0 saturated heterocycles. The van der Waals surface area contributed by atoms with Crippen LogP contribution in [-0.4, -0.2) is 35.6 Å². The fraction of sp³-hybridized carbons (Fsp3) is 0.375. The highest BCUT2D eigenvalue weighted by atomic mass is 35.5. The van der Waals surface area contributed by atoms with Gasteiger partial charge in [0, 0.05) is 36.4 Å². The number of carbonyl (C=O) groups excluding carboxylic acids is 1. The summed E-state index contributed by atoms with van der Waals surface area (Å²) >= 11 is 6.00. The van der Waals surface area contributed by atoms with Gasteiger partial charge in [0.25, 0.3) is 0 Å². The lowest BCUT2D eigenvalue weighted by Gasteiger charge is -2.06. The summed E-state index contributed by atoms with van der Waals surface area (Å²) in [6.45, 7) is 1.23. The molecular formula is C16H19ClN4O2. The quantitative estimate of drug-likeness (QED) is 0.853. The van der Waals surface area contributed by atoms with Crippen molar-refractivity contribution in [3.05, 3.63) is 47.1 Å². The number of anilines is 1. The molecule has 3 rings (SSSR count). The van der Waals surface area contributed by atoms with Gasteiger partial charge in [-0.3, -0.25) is 10.00 Å². The van der Waals surface area contributed by atoms with Gasteiger partial charge in [0.05, 0.1) is 13.2 Å². The molecular weight excluding hydrogens is 316 g/mol. The number of urea groups is 1. The van der Waals surface area contributed by atoms with Crippen molar-refractivity contribution in [3.8, 4) is 0 Å². The van der Waals surface area contributed by atoms with E-state index in [1.807, 2.05) is 24.3 Å². The second kappa shape index (κ2) is 7.02. The summed E-state index contributed by atoms with van der Waals surface area (Å²) in [7, 11) is 1.64. The van der Waals surface area contributed by atoms with Gasteiger partial charge < -0.3 is 10.1 Å². The lowest BCUT2D eigenvalue weighted by molar-refractivity contribution is 0.183. The van der Waals surface area contributed by atoms with Crippen LogP contribution in [0.25, 0.3) is 0 Å². The summed E-state index contributed by atoms with van der Waals surface area (Å²) in [6.07, 6.45) is 2.73. The molecule has 1 saturated carbocycles. The molecule has 1 heterocycles. The first-order valence-corrected chi connectivity index (χ1v) is 7.89. The molecule has 6 nitrogen and oxygen atoms in total. The van der Waals surface area contributed by atoms with Crippen LogP contribution >= 0.6 is 11.6 Å². The highest BCUT2D eigenvalue weighted by Crippen LogP contribution is 2.41. The Labute approximate surface area is 139 Å². The molecule has 1 aromatic heterocycles. The Morgan fingerprint density at radius 1 is 1.48 bits per heavy atom. The molecule has 23 heavy (non-hydrogen) atoms. The first-order valence-electron chi connectivity index (χ1n) is 7.51. The van der Waals surface area contributed by atoms with Crippen LogP contribution in [0.5, 0.6) is 0 Å². The third-order valence-electron chi connectivity index (χ3n) is 3.79. The minimum atomic E-state index is -0.239.